The molecule has 0 atom stereocenters. The molecule has 0 bridgehead atoms. The van der Waals surface area contributed by atoms with Crippen molar-refractivity contribution >= 4 is 71.1 Å². The van der Waals surface area contributed by atoms with Crippen LogP contribution in [0.15, 0.2) is 0 Å². The van der Waals surface area contributed by atoms with Gasteiger partial charge in [0.2, 0.25) is 0 Å². The van der Waals surface area contributed by atoms with E-state index in [0.29, 0.717) is 0 Å². The van der Waals surface area contributed by atoms with Gasteiger partial charge in [0.1, 0.15) is 0 Å². The van der Waals surface area contributed by atoms with Gasteiger partial charge in [0.15, 0.2) is 17.4 Å². The van der Waals surface area contributed by atoms with Crippen molar-refractivity contribution in [2.24, 2.45) is 0 Å². The molecular formula is H6AlCaO4PSiW. The zero-order valence-corrected chi connectivity index (χ0v) is 12.2. The predicted molar refractivity (Wildman–Crippen MR) is 34.3 cm³/mol. The van der Waals surface area contributed by atoms with Crippen molar-refractivity contribution in [1.82, 2.24) is 0 Å². The van der Waals surface area contributed by atoms with Crippen LogP contribution in [-0.4, -0.2) is 63.3 Å². The van der Waals surface area contributed by atoms with Gasteiger partial charge in [0, 0.05) is 0 Å². The van der Waals surface area contributed by atoms with E-state index < -0.39 is 26.0 Å². The number of hydrogen-bond acceptors (Lipinski definition) is 4. The van der Waals surface area contributed by atoms with E-state index in [2.05, 4.69) is 3.18 Å². The van der Waals surface area contributed by atoms with Gasteiger partial charge < -0.3 is 0 Å². The van der Waals surface area contributed by atoms with Gasteiger partial charge >= 0.3 is 89.5 Å². The SMILES string of the molecule is O=P([O-])([O-])[O][W][SiH3].[AlH3].[Ca+2]. The average Bonchev–Trinajstić information content (AvgIpc) is 1.30. The molecule has 0 heterocycles. The van der Waals surface area contributed by atoms with Gasteiger partial charge in [-0.1, -0.05) is 0 Å². The summed E-state index contributed by atoms with van der Waals surface area (Å²) in [5, 5.41) is 0. The Morgan fingerprint density at radius 2 is 1.89 bits per heavy atom. The number of phosphoric acid groups is 1. The molecule has 0 aliphatic rings. The maximum absolute atomic E-state index is 9.55. The molecule has 9 heavy (non-hydrogen) atoms. The Labute approximate surface area is 105 Å². The fourth-order valence-electron chi connectivity index (χ4n) is 0.0913. The molecule has 0 fully saturated rings. The Hall–Kier alpha value is 2.81. The van der Waals surface area contributed by atoms with Crippen LogP contribution in [0.3, 0.4) is 0 Å². The van der Waals surface area contributed by atoms with Crippen LogP contribution in [0.1, 0.15) is 0 Å². The molecular weight excluding hydrogens is 374 g/mol. The Bertz CT molecular complexity index is 94.6. The summed E-state index contributed by atoms with van der Waals surface area (Å²) in [5.41, 5.74) is 0. The smallest absolute Gasteiger partial charge is 0.187 e. The third-order valence-corrected chi connectivity index (χ3v) is 7.73. The van der Waals surface area contributed by atoms with Crippen LogP contribution >= 0.6 is 7.82 Å². The molecule has 0 aliphatic carbocycles. The van der Waals surface area contributed by atoms with Gasteiger partial charge in [0.05, 0.1) is 0 Å². The van der Waals surface area contributed by atoms with Crippen molar-refractivity contribution in [3.63, 3.8) is 0 Å². The Morgan fingerprint density at radius 1 is 1.56 bits per heavy atom. The zero-order valence-electron chi connectivity index (χ0n) is 4.20. The second-order valence-electron chi connectivity index (χ2n) is 0.688. The third-order valence-electron chi connectivity index (χ3n) is 0.166. The minimum Gasteiger partial charge on any atom is 0.187 e. The van der Waals surface area contributed by atoms with E-state index in [-0.39, 0.29) is 55.1 Å². The van der Waals surface area contributed by atoms with E-state index >= 15 is 0 Å². The van der Waals surface area contributed by atoms with Crippen molar-refractivity contribution in [3.05, 3.63) is 0 Å². The zero-order chi connectivity index (χ0) is 5.91. The largest absolute Gasteiger partial charge is 2.00 e. The first-order valence-electron chi connectivity index (χ1n) is 1.31. The fourth-order valence-corrected chi connectivity index (χ4v) is 6.72. The summed E-state index contributed by atoms with van der Waals surface area (Å²) in [7, 11) is -3.81. The van der Waals surface area contributed by atoms with E-state index in [1.54, 1.807) is 0 Å². The van der Waals surface area contributed by atoms with Crippen LogP contribution in [-0.2, 0) is 26.0 Å². The van der Waals surface area contributed by atoms with E-state index in [1.165, 1.54) is 0 Å². The second-order valence-corrected chi connectivity index (χ2v) is 7.26. The van der Waals surface area contributed by atoms with Gasteiger partial charge in [-0.25, -0.2) is 0 Å². The van der Waals surface area contributed by atoms with Gasteiger partial charge in [0.25, 0.3) is 0 Å². The van der Waals surface area contributed by atoms with Crippen LogP contribution in [0.25, 0.3) is 0 Å². The van der Waals surface area contributed by atoms with Gasteiger partial charge in [-0.05, 0) is 0 Å². The minimum absolute atomic E-state index is 0. The maximum atomic E-state index is 9.55. The van der Waals surface area contributed by atoms with Crippen LogP contribution < -0.4 is 9.79 Å². The summed E-state index contributed by atoms with van der Waals surface area (Å²) in [6, 6.07) is 0. The predicted octanol–water partition coefficient (Wildman–Crippen LogP) is -4.46. The monoisotopic (exact) mass is 380 g/mol. The standard InChI is InChI=1S/Al.Ca.H3O4P.H3Si.W.3H/c;;1-5(2,3)4;;;;;/h;;(H3,1,2,3,4);1H3;;;;/q;+2;;;+1;;;/p-3. The summed E-state index contributed by atoms with van der Waals surface area (Å²) in [5.74, 6) is 0. The second kappa shape index (κ2) is 8.90. The molecule has 0 radical (unpaired) electrons. The first-order valence-corrected chi connectivity index (χ1v) is 13.6. The van der Waals surface area contributed by atoms with Crippen molar-refractivity contribution in [2.45, 2.75) is 0 Å². The molecule has 0 N–H and O–H groups in total. The van der Waals surface area contributed by atoms with Crippen LogP contribution in [0.2, 0.25) is 0 Å². The molecule has 0 unspecified atom stereocenters. The molecule has 0 aromatic carbocycles. The van der Waals surface area contributed by atoms with Crippen molar-refractivity contribution < 1.29 is 35.7 Å². The quantitative estimate of drug-likeness (QED) is 0.358. The fraction of sp³-hybridized carbons (Fsp3) is 0. The minimum atomic E-state index is -4.56. The van der Waals surface area contributed by atoms with Crippen molar-refractivity contribution in [3.8, 4) is 0 Å². The normalized spacial score (nSPS) is 9.56. The van der Waals surface area contributed by atoms with Crippen molar-refractivity contribution in [2.75, 3.05) is 0 Å². The van der Waals surface area contributed by atoms with E-state index in [9.17, 15) is 14.4 Å². The molecule has 0 saturated heterocycles. The van der Waals surface area contributed by atoms with Crippen LogP contribution in [0, 0.1) is 0 Å². The summed E-state index contributed by atoms with van der Waals surface area (Å²) in [6.07, 6.45) is 0. The molecule has 9 heteroatoms. The molecule has 0 rings (SSSR count). The van der Waals surface area contributed by atoms with Gasteiger partial charge in [-0.2, -0.15) is 0 Å². The van der Waals surface area contributed by atoms with Crippen molar-refractivity contribution in [1.29, 1.82) is 0 Å². The Balaban J connectivity index is -0.000000180. The summed E-state index contributed by atoms with van der Waals surface area (Å²) < 4.78 is 13.4. The molecule has 0 saturated carbocycles. The Morgan fingerprint density at radius 3 is 1.89 bits per heavy atom. The first kappa shape index (κ1) is 17.8. The number of rotatable bonds is 2. The van der Waals surface area contributed by atoms with E-state index in [0.717, 1.165) is 8.21 Å². The maximum Gasteiger partial charge on any atom is 2.00 e. The van der Waals surface area contributed by atoms with Gasteiger partial charge in [-0.3, -0.25) is 0 Å². The van der Waals surface area contributed by atoms with Gasteiger partial charge in [-0.15, -0.1) is 0 Å². The molecule has 0 aliphatic heterocycles. The molecule has 0 aromatic heterocycles. The summed E-state index contributed by atoms with van der Waals surface area (Å²) in [6.45, 7) is 0. The Kier molecular flexibility index (Phi) is 17.6. The topological polar surface area (TPSA) is 72.4 Å². The molecule has 0 aromatic rings. The molecule has 0 amide bonds. The molecule has 4 nitrogen and oxygen atoms in total. The summed E-state index contributed by atoms with van der Waals surface area (Å²) in [4.78, 5) is 19.1. The molecule has 50 valence electrons. The third kappa shape index (κ3) is 18.1. The number of hydrogen-bond donors (Lipinski definition) is 0. The average molecular weight is 380 g/mol. The van der Waals surface area contributed by atoms with Crippen LogP contribution in [0.4, 0.5) is 0 Å². The van der Waals surface area contributed by atoms with E-state index in [1.807, 2.05) is 0 Å². The van der Waals surface area contributed by atoms with Crippen LogP contribution in [0.5, 0.6) is 0 Å². The molecule has 0 spiro atoms. The summed E-state index contributed by atoms with van der Waals surface area (Å²) >= 11 is -1.14. The van der Waals surface area contributed by atoms with E-state index in [4.69, 9.17) is 0 Å². The first-order chi connectivity index (χ1) is 3.06.